The minimum absolute atomic E-state index is 0.0251. The molecule has 0 saturated heterocycles. The van der Waals surface area contributed by atoms with Crippen molar-refractivity contribution in [2.45, 2.75) is 17.3 Å². The highest BCUT2D eigenvalue weighted by atomic mass is 32.2. The van der Waals surface area contributed by atoms with E-state index in [1.54, 1.807) is 6.07 Å². The third-order valence-electron chi connectivity index (χ3n) is 2.51. The summed E-state index contributed by atoms with van der Waals surface area (Å²) in [4.78, 5) is 0.921. The lowest BCUT2D eigenvalue weighted by Gasteiger charge is -2.05. The van der Waals surface area contributed by atoms with E-state index in [2.05, 4.69) is 0 Å². The molecule has 0 saturated carbocycles. The first-order chi connectivity index (χ1) is 8.70. The zero-order valence-electron chi connectivity index (χ0n) is 9.57. The molecule has 2 aromatic rings. The molecule has 2 aromatic carbocycles. The van der Waals surface area contributed by atoms with Crippen LogP contribution in [0.5, 0.6) is 0 Å². The molecule has 0 bridgehead atoms. The molecule has 0 aliphatic carbocycles. The fourth-order valence-electron chi connectivity index (χ4n) is 1.55. The lowest BCUT2D eigenvalue weighted by molar-refractivity contribution is 0.281. The van der Waals surface area contributed by atoms with E-state index < -0.39 is 11.6 Å². The van der Waals surface area contributed by atoms with Gasteiger partial charge in [-0.2, -0.15) is 0 Å². The van der Waals surface area contributed by atoms with Crippen LogP contribution < -0.4 is 0 Å². The molecule has 18 heavy (non-hydrogen) atoms. The number of aliphatic hydroxyl groups is 1. The molecule has 1 N–H and O–H groups in total. The van der Waals surface area contributed by atoms with Crippen molar-refractivity contribution in [1.82, 2.24) is 0 Å². The maximum Gasteiger partial charge on any atom is 0.162 e. The summed E-state index contributed by atoms with van der Waals surface area (Å²) in [5, 5.41) is 9.01. The largest absolute Gasteiger partial charge is 0.392 e. The molecule has 0 amide bonds. The first-order valence-corrected chi connectivity index (χ1v) is 6.45. The Hall–Kier alpha value is -1.39. The maximum atomic E-state index is 13.4. The normalized spacial score (nSPS) is 10.6. The van der Waals surface area contributed by atoms with Gasteiger partial charge < -0.3 is 5.11 Å². The summed E-state index contributed by atoms with van der Waals surface area (Å²) >= 11 is 1.41. The second-order valence-electron chi connectivity index (χ2n) is 3.81. The van der Waals surface area contributed by atoms with Crippen molar-refractivity contribution in [2.24, 2.45) is 0 Å². The number of thioether (sulfide) groups is 1. The Labute approximate surface area is 108 Å². The molecule has 0 aliphatic heterocycles. The first kappa shape index (κ1) is 13.1. The van der Waals surface area contributed by atoms with Crippen LogP contribution in [0.25, 0.3) is 0 Å². The Morgan fingerprint density at radius 1 is 1.06 bits per heavy atom. The number of halogens is 2. The van der Waals surface area contributed by atoms with E-state index in [4.69, 9.17) is 5.11 Å². The highest BCUT2D eigenvalue weighted by Crippen LogP contribution is 2.25. The van der Waals surface area contributed by atoms with Gasteiger partial charge in [-0.05, 0) is 23.8 Å². The van der Waals surface area contributed by atoms with Gasteiger partial charge in [0.1, 0.15) is 0 Å². The number of hydrogen-bond acceptors (Lipinski definition) is 2. The van der Waals surface area contributed by atoms with Gasteiger partial charge in [0.05, 0.1) is 6.61 Å². The van der Waals surface area contributed by atoms with Gasteiger partial charge in [-0.3, -0.25) is 0 Å². The monoisotopic (exact) mass is 266 g/mol. The summed E-state index contributed by atoms with van der Waals surface area (Å²) in [6.07, 6.45) is 0. The van der Waals surface area contributed by atoms with Gasteiger partial charge in [0.2, 0.25) is 0 Å². The van der Waals surface area contributed by atoms with Crippen molar-refractivity contribution in [3.8, 4) is 0 Å². The van der Waals surface area contributed by atoms with Gasteiger partial charge in [-0.15, -0.1) is 11.8 Å². The number of hydrogen-bond donors (Lipinski definition) is 1. The third kappa shape index (κ3) is 3.09. The van der Waals surface area contributed by atoms with E-state index >= 15 is 0 Å². The smallest absolute Gasteiger partial charge is 0.162 e. The van der Waals surface area contributed by atoms with Gasteiger partial charge in [0, 0.05) is 16.2 Å². The molecular formula is C14H12F2OS. The fraction of sp³-hybridized carbons (Fsp3) is 0.143. The third-order valence-corrected chi connectivity index (χ3v) is 3.55. The molecule has 0 atom stereocenters. The second-order valence-corrected chi connectivity index (χ2v) is 4.86. The summed E-state index contributed by atoms with van der Waals surface area (Å²) in [5.74, 6) is -1.25. The average molecular weight is 266 g/mol. The van der Waals surface area contributed by atoms with Crippen LogP contribution in [0.1, 0.15) is 11.1 Å². The highest BCUT2D eigenvalue weighted by Gasteiger charge is 2.07. The molecule has 0 radical (unpaired) electrons. The summed E-state index contributed by atoms with van der Waals surface area (Å²) in [7, 11) is 0. The van der Waals surface area contributed by atoms with Crippen LogP contribution >= 0.6 is 11.8 Å². The zero-order chi connectivity index (χ0) is 13.0. The predicted molar refractivity (Wildman–Crippen MR) is 68.3 cm³/mol. The number of rotatable bonds is 4. The van der Waals surface area contributed by atoms with E-state index in [0.29, 0.717) is 11.3 Å². The standard InChI is InChI=1S/C14H12F2OS/c15-13-6-2-4-11(14(13)16)9-18-12-5-1-3-10(7-12)8-17/h1-7,17H,8-9H2. The molecule has 2 rings (SSSR count). The minimum atomic E-state index is -0.822. The van der Waals surface area contributed by atoms with Crippen molar-refractivity contribution in [1.29, 1.82) is 0 Å². The summed E-state index contributed by atoms with van der Waals surface area (Å²) in [6.45, 7) is -0.0251. The Balaban J connectivity index is 2.09. The molecule has 4 heteroatoms. The molecule has 0 spiro atoms. The van der Waals surface area contributed by atoms with Crippen molar-refractivity contribution < 1.29 is 13.9 Å². The number of aliphatic hydroxyl groups excluding tert-OH is 1. The Bertz CT molecular complexity index is 543. The molecule has 94 valence electrons. The van der Waals surface area contributed by atoms with Crippen LogP contribution in [0.2, 0.25) is 0 Å². The molecule has 1 nitrogen and oxygen atoms in total. The van der Waals surface area contributed by atoms with E-state index in [0.717, 1.165) is 16.5 Å². The van der Waals surface area contributed by atoms with Crippen LogP contribution in [0.3, 0.4) is 0 Å². The fourth-order valence-corrected chi connectivity index (χ4v) is 2.51. The van der Waals surface area contributed by atoms with Crippen molar-refractivity contribution in [3.05, 3.63) is 65.2 Å². The van der Waals surface area contributed by atoms with Gasteiger partial charge >= 0.3 is 0 Å². The van der Waals surface area contributed by atoms with E-state index in [-0.39, 0.29) is 6.61 Å². The lowest BCUT2D eigenvalue weighted by Crippen LogP contribution is -1.92. The minimum Gasteiger partial charge on any atom is -0.392 e. The summed E-state index contributed by atoms with van der Waals surface area (Å²) in [5.41, 5.74) is 1.15. The van der Waals surface area contributed by atoms with Crippen LogP contribution in [-0.4, -0.2) is 5.11 Å². The van der Waals surface area contributed by atoms with Crippen LogP contribution in [0.4, 0.5) is 8.78 Å². The van der Waals surface area contributed by atoms with Crippen molar-refractivity contribution in [3.63, 3.8) is 0 Å². The summed E-state index contributed by atoms with van der Waals surface area (Å²) < 4.78 is 26.4. The molecular weight excluding hydrogens is 254 g/mol. The van der Waals surface area contributed by atoms with Crippen molar-refractivity contribution >= 4 is 11.8 Å². The second kappa shape index (κ2) is 5.98. The van der Waals surface area contributed by atoms with E-state index in [1.165, 1.54) is 17.8 Å². The zero-order valence-corrected chi connectivity index (χ0v) is 10.4. The number of benzene rings is 2. The molecule has 0 aliphatic rings. The Morgan fingerprint density at radius 2 is 1.83 bits per heavy atom. The first-order valence-electron chi connectivity index (χ1n) is 5.46. The molecule has 0 fully saturated rings. The van der Waals surface area contributed by atoms with Crippen LogP contribution in [0, 0.1) is 11.6 Å². The average Bonchev–Trinajstić information content (AvgIpc) is 2.41. The lowest BCUT2D eigenvalue weighted by atomic mass is 10.2. The Kier molecular flexibility index (Phi) is 4.33. The van der Waals surface area contributed by atoms with Crippen LogP contribution in [0.15, 0.2) is 47.4 Å². The summed E-state index contributed by atoms with van der Waals surface area (Å²) in [6, 6.07) is 11.5. The Morgan fingerprint density at radius 3 is 2.61 bits per heavy atom. The van der Waals surface area contributed by atoms with Gasteiger partial charge in [-0.1, -0.05) is 24.3 Å². The van der Waals surface area contributed by atoms with Gasteiger partial charge in [0.25, 0.3) is 0 Å². The molecule has 0 unspecified atom stereocenters. The molecule has 0 heterocycles. The molecule has 0 aromatic heterocycles. The van der Waals surface area contributed by atoms with Crippen LogP contribution in [-0.2, 0) is 12.4 Å². The predicted octanol–water partition coefficient (Wildman–Crippen LogP) is 3.75. The highest BCUT2D eigenvalue weighted by molar-refractivity contribution is 7.98. The quantitative estimate of drug-likeness (QED) is 0.850. The SMILES string of the molecule is OCc1cccc(SCc2cccc(F)c2F)c1. The van der Waals surface area contributed by atoms with Gasteiger partial charge in [0.15, 0.2) is 11.6 Å². The van der Waals surface area contributed by atoms with Gasteiger partial charge in [-0.25, -0.2) is 8.78 Å². The topological polar surface area (TPSA) is 20.2 Å². The maximum absolute atomic E-state index is 13.4. The van der Waals surface area contributed by atoms with E-state index in [1.807, 2.05) is 24.3 Å². The van der Waals surface area contributed by atoms with E-state index in [9.17, 15) is 8.78 Å². The van der Waals surface area contributed by atoms with Crippen molar-refractivity contribution in [2.75, 3.05) is 0 Å².